The highest BCUT2D eigenvalue weighted by molar-refractivity contribution is 9.09. The predicted molar refractivity (Wildman–Crippen MR) is 127 cm³/mol. The van der Waals surface area contributed by atoms with Crippen LogP contribution in [-0.2, 0) is 42.9 Å². The number of imide groups is 4. The molecule has 0 saturated carbocycles. The molecule has 35 heavy (non-hydrogen) atoms. The number of alkyl halides is 1. The second-order valence-electron chi connectivity index (χ2n) is 6.71. The minimum atomic E-state index is -0.954. The SMILES string of the molecule is COC(=O)N1C(=O)C=CC1=O.COCOCCCCBr.COCOCCCCN1C(=O)C=CC1=O. The Labute approximate surface area is 213 Å². The van der Waals surface area contributed by atoms with E-state index in [2.05, 4.69) is 25.4 Å². The molecule has 0 bridgehead atoms. The van der Waals surface area contributed by atoms with Gasteiger partial charge in [0.1, 0.15) is 13.6 Å². The van der Waals surface area contributed by atoms with Crippen molar-refractivity contribution < 1.29 is 47.7 Å². The molecule has 0 aromatic heterocycles. The van der Waals surface area contributed by atoms with Crippen molar-refractivity contribution >= 4 is 45.7 Å². The van der Waals surface area contributed by atoms with E-state index in [4.69, 9.17) is 14.2 Å². The molecule has 198 valence electrons. The second kappa shape index (κ2) is 20.9. The van der Waals surface area contributed by atoms with Crippen LogP contribution in [0.25, 0.3) is 0 Å². The molecule has 0 aromatic carbocycles. The molecule has 5 amide bonds. The minimum Gasteiger partial charge on any atom is -0.452 e. The maximum absolute atomic E-state index is 11.1. The highest BCUT2D eigenvalue weighted by Gasteiger charge is 2.30. The Morgan fingerprint density at radius 3 is 1.63 bits per heavy atom. The fraction of sp³-hybridized carbons (Fsp3) is 0.591. The van der Waals surface area contributed by atoms with Gasteiger partial charge in [-0.2, -0.15) is 4.90 Å². The number of ether oxygens (including phenoxy) is 5. The highest BCUT2D eigenvalue weighted by Crippen LogP contribution is 2.06. The maximum Gasteiger partial charge on any atom is 0.423 e. The van der Waals surface area contributed by atoms with Crippen LogP contribution >= 0.6 is 15.9 Å². The van der Waals surface area contributed by atoms with Crippen LogP contribution < -0.4 is 0 Å². The third-order valence-electron chi connectivity index (χ3n) is 4.06. The average molecular weight is 565 g/mol. The van der Waals surface area contributed by atoms with Gasteiger partial charge in [-0.15, -0.1) is 0 Å². The normalized spacial score (nSPS) is 14.2. The number of hydrogen-bond donors (Lipinski definition) is 0. The van der Waals surface area contributed by atoms with E-state index >= 15 is 0 Å². The van der Waals surface area contributed by atoms with Gasteiger partial charge in [-0.05, 0) is 25.7 Å². The number of unbranched alkanes of at least 4 members (excludes halogenated alkanes) is 2. The molecule has 0 aliphatic carbocycles. The van der Waals surface area contributed by atoms with Crippen molar-refractivity contribution in [3.63, 3.8) is 0 Å². The van der Waals surface area contributed by atoms with Crippen molar-refractivity contribution in [2.24, 2.45) is 0 Å². The van der Waals surface area contributed by atoms with Gasteiger partial charge < -0.3 is 23.7 Å². The van der Waals surface area contributed by atoms with Crippen molar-refractivity contribution in [3.05, 3.63) is 24.3 Å². The molecular formula is C22H33BrN2O10. The van der Waals surface area contributed by atoms with E-state index in [0.29, 0.717) is 24.8 Å². The lowest BCUT2D eigenvalue weighted by Crippen LogP contribution is -2.35. The number of halogens is 1. The van der Waals surface area contributed by atoms with Gasteiger partial charge >= 0.3 is 6.09 Å². The molecule has 0 radical (unpaired) electrons. The summed E-state index contributed by atoms with van der Waals surface area (Å²) in [4.78, 5) is 55.9. The topological polar surface area (TPSA) is 138 Å². The molecular weight excluding hydrogens is 532 g/mol. The molecule has 2 aliphatic rings. The van der Waals surface area contributed by atoms with Gasteiger partial charge in [0.2, 0.25) is 0 Å². The van der Waals surface area contributed by atoms with Gasteiger partial charge in [0.15, 0.2) is 0 Å². The molecule has 0 unspecified atom stereocenters. The molecule has 2 aliphatic heterocycles. The summed E-state index contributed by atoms with van der Waals surface area (Å²) in [7, 11) is 4.29. The van der Waals surface area contributed by atoms with Gasteiger partial charge in [-0.3, -0.25) is 24.1 Å². The largest absolute Gasteiger partial charge is 0.452 e. The average Bonchev–Trinajstić information content (AvgIpc) is 3.36. The van der Waals surface area contributed by atoms with Crippen LogP contribution in [0.1, 0.15) is 25.7 Å². The van der Waals surface area contributed by atoms with Crippen LogP contribution in [0.4, 0.5) is 4.79 Å². The highest BCUT2D eigenvalue weighted by atomic mass is 79.9. The zero-order valence-electron chi connectivity index (χ0n) is 20.2. The monoisotopic (exact) mass is 564 g/mol. The molecule has 2 heterocycles. The van der Waals surface area contributed by atoms with Gasteiger partial charge in [0.05, 0.1) is 7.11 Å². The third-order valence-corrected chi connectivity index (χ3v) is 4.62. The maximum atomic E-state index is 11.1. The van der Waals surface area contributed by atoms with Crippen molar-refractivity contribution in [3.8, 4) is 0 Å². The molecule has 0 atom stereocenters. The van der Waals surface area contributed by atoms with Crippen molar-refractivity contribution in [2.75, 3.05) is 60.0 Å². The summed E-state index contributed by atoms with van der Waals surface area (Å²) in [6.45, 7) is 2.54. The predicted octanol–water partition coefficient (Wildman–Crippen LogP) is 1.77. The molecule has 0 N–H and O–H groups in total. The number of methoxy groups -OCH3 is 3. The molecule has 13 heteroatoms. The molecule has 0 aromatic rings. The van der Waals surface area contributed by atoms with Crippen LogP contribution in [-0.4, -0.2) is 99.5 Å². The van der Waals surface area contributed by atoms with Crippen LogP contribution in [0, 0.1) is 0 Å². The van der Waals surface area contributed by atoms with E-state index in [9.17, 15) is 24.0 Å². The first-order valence-corrected chi connectivity index (χ1v) is 11.8. The summed E-state index contributed by atoms with van der Waals surface area (Å²) in [5, 5.41) is 1.06. The Morgan fingerprint density at radius 1 is 0.743 bits per heavy atom. The summed E-state index contributed by atoms with van der Waals surface area (Å²) < 4.78 is 23.7. The lowest BCUT2D eigenvalue weighted by molar-refractivity contribution is -0.137. The van der Waals surface area contributed by atoms with Gasteiger partial charge in [0, 0.05) is 63.6 Å². The van der Waals surface area contributed by atoms with Crippen LogP contribution in [0.5, 0.6) is 0 Å². The number of carbonyl (C=O) groups excluding carboxylic acids is 5. The van der Waals surface area contributed by atoms with Gasteiger partial charge in [-0.1, -0.05) is 15.9 Å². The van der Waals surface area contributed by atoms with Crippen LogP contribution in [0.3, 0.4) is 0 Å². The second-order valence-corrected chi connectivity index (χ2v) is 7.50. The standard InChI is InChI=1S/C10H15NO4.C6H13BrO2.C6H5NO4/c1-14-8-15-7-3-2-6-11-9(12)4-5-10(11)13;1-8-6-9-5-3-2-4-7;1-11-6(10)7-4(8)2-3-5(7)9/h4-5H,2-3,6-8H2,1H3;2-6H2,1H3;2-3H,1H3. The zero-order chi connectivity index (χ0) is 26.5. The lowest BCUT2D eigenvalue weighted by atomic mass is 10.3. The molecule has 0 saturated heterocycles. The quantitative estimate of drug-likeness (QED) is 0.141. The van der Waals surface area contributed by atoms with Crippen molar-refractivity contribution in [1.29, 1.82) is 0 Å². The molecule has 12 nitrogen and oxygen atoms in total. The summed E-state index contributed by atoms with van der Waals surface area (Å²) in [5.74, 6) is -1.78. The third kappa shape index (κ3) is 14.5. The van der Waals surface area contributed by atoms with Gasteiger partial charge in [-0.25, -0.2) is 4.79 Å². The van der Waals surface area contributed by atoms with E-state index in [-0.39, 0.29) is 18.6 Å². The zero-order valence-corrected chi connectivity index (χ0v) is 21.8. The Hall–Kier alpha value is -2.45. The van der Waals surface area contributed by atoms with Crippen LogP contribution in [0.15, 0.2) is 24.3 Å². The van der Waals surface area contributed by atoms with E-state index in [1.54, 1.807) is 14.2 Å². The Bertz CT molecular complexity index is 700. The smallest absolute Gasteiger partial charge is 0.423 e. The van der Waals surface area contributed by atoms with E-state index in [1.807, 2.05) is 0 Å². The fourth-order valence-corrected chi connectivity index (χ4v) is 2.78. The Morgan fingerprint density at radius 2 is 1.20 bits per heavy atom. The Kier molecular flexibility index (Phi) is 19.4. The number of carbonyl (C=O) groups is 5. The molecule has 2 rings (SSSR count). The first kappa shape index (κ1) is 32.5. The van der Waals surface area contributed by atoms with Crippen molar-refractivity contribution in [2.45, 2.75) is 25.7 Å². The van der Waals surface area contributed by atoms with Crippen molar-refractivity contribution in [1.82, 2.24) is 9.80 Å². The minimum absolute atomic E-state index is 0.224. The number of amides is 5. The molecule has 0 fully saturated rings. The number of hydrogen-bond acceptors (Lipinski definition) is 10. The summed E-state index contributed by atoms with van der Waals surface area (Å²) >= 11 is 3.33. The van der Waals surface area contributed by atoms with E-state index < -0.39 is 17.9 Å². The van der Waals surface area contributed by atoms with E-state index in [0.717, 1.165) is 50.5 Å². The number of nitrogens with zero attached hydrogens (tertiary/aromatic N) is 2. The summed E-state index contributed by atoms with van der Waals surface area (Å²) in [5.41, 5.74) is 0. The number of rotatable bonds is 13. The summed E-state index contributed by atoms with van der Waals surface area (Å²) in [6.07, 6.45) is 7.50. The summed E-state index contributed by atoms with van der Waals surface area (Å²) in [6, 6.07) is 0. The first-order valence-electron chi connectivity index (χ1n) is 10.7. The lowest BCUT2D eigenvalue weighted by Gasteiger charge is -2.12. The fourth-order valence-electron chi connectivity index (χ4n) is 2.38. The van der Waals surface area contributed by atoms with Gasteiger partial charge in [0.25, 0.3) is 23.6 Å². The molecule has 0 spiro atoms. The van der Waals surface area contributed by atoms with Crippen LogP contribution in [0.2, 0.25) is 0 Å². The Balaban J connectivity index is 0.000000515. The van der Waals surface area contributed by atoms with E-state index in [1.165, 1.54) is 23.5 Å². The first-order chi connectivity index (χ1) is 16.8.